The number of thioether (sulfide) groups is 1. The van der Waals surface area contributed by atoms with Crippen molar-refractivity contribution in [2.24, 2.45) is 5.92 Å². The van der Waals surface area contributed by atoms with Gasteiger partial charge in [-0.25, -0.2) is 9.97 Å². The maximum absolute atomic E-state index is 4.55. The highest BCUT2D eigenvalue weighted by molar-refractivity contribution is 7.98. The summed E-state index contributed by atoms with van der Waals surface area (Å²) in [6.45, 7) is 2.34. The van der Waals surface area contributed by atoms with E-state index in [4.69, 9.17) is 0 Å². The number of hydrogen-bond donors (Lipinski definition) is 0. The maximum atomic E-state index is 4.55. The highest BCUT2D eigenvalue weighted by atomic mass is 32.2. The Hall–Kier alpha value is -1.46. The minimum atomic E-state index is 0.790. The molecule has 22 heavy (non-hydrogen) atoms. The predicted octanol–water partition coefficient (Wildman–Crippen LogP) is 4.50. The van der Waals surface area contributed by atoms with Crippen LogP contribution in [-0.4, -0.2) is 15.0 Å². The Morgan fingerprint density at radius 1 is 1.27 bits per heavy atom. The van der Waals surface area contributed by atoms with Crippen LogP contribution in [0.15, 0.2) is 35.7 Å². The molecule has 3 aromatic rings. The van der Waals surface area contributed by atoms with Crippen LogP contribution >= 0.6 is 23.1 Å². The maximum Gasteiger partial charge on any atom is 0.128 e. The number of rotatable bonds is 3. The molecular formula is C17H17N3S2. The average Bonchev–Trinajstić information content (AvgIpc) is 2.91. The largest absolute Gasteiger partial charge is 0.260 e. The first-order valence-corrected chi connectivity index (χ1v) is 9.39. The Balaban J connectivity index is 1.69. The molecule has 112 valence electrons. The number of aromatic nitrogens is 3. The summed E-state index contributed by atoms with van der Waals surface area (Å²) >= 11 is 3.63. The van der Waals surface area contributed by atoms with Gasteiger partial charge in [0, 0.05) is 22.2 Å². The first-order valence-electron chi connectivity index (χ1n) is 7.59. The third-order valence-corrected chi connectivity index (χ3v) is 6.33. The number of hydrogen-bond acceptors (Lipinski definition) is 5. The molecule has 0 radical (unpaired) electrons. The SMILES string of the molecule is C[C@@H]1CCc2c(sc3ncnc(SCc4ccccn4)c23)C1. The standard InChI is InChI=1S/C17H17N3S2/c1-11-5-6-13-14(8-11)22-17-15(13)16(19-10-20-17)21-9-12-4-2-3-7-18-12/h2-4,7,10-11H,5-6,8-9H2,1H3/t11-/m1/s1. The zero-order valence-corrected chi connectivity index (χ0v) is 14.1. The molecular weight excluding hydrogens is 310 g/mol. The molecule has 0 aromatic carbocycles. The van der Waals surface area contributed by atoms with E-state index in [2.05, 4.69) is 27.9 Å². The van der Waals surface area contributed by atoms with Gasteiger partial charge in [-0.2, -0.15) is 0 Å². The second kappa shape index (κ2) is 5.97. The van der Waals surface area contributed by atoms with Crippen molar-refractivity contribution in [1.29, 1.82) is 0 Å². The summed E-state index contributed by atoms with van der Waals surface area (Å²) in [5.74, 6) is 1.65. The molecule has 4 rings (SSSR count). The van der Waals surface area contributed by atoms with Crippen LogP contribution in [0.25, 0.3) is 10.2 Å². The topological polar surface area (TPSA) is 38.7 Å². The number of nitrogens with zero attached hydrogens (tertiary/aromatic N) is 3. The number of fused-ring (bicyclic) bond motifs is 3. The summed E-state index contributed by atoms with van der Waals surface area (Å²) in [5, 5.41) is 2.41. The van der Waals surface area contributed by atoms with Crippen LogP contribution in [0.3, 0.4) is 0 Å². The molecule has 0 saturated carbocycles. The van der Waals surface area contributed by atoms with Crippen molar-refractivity contribution in [3.63, 3.8) is 0 Å². The average molecular weight is 327 g/mol. The van der Waals surface area contributed by atoms with E-state index in [9.17, 15) is 0 Å². The summed E-state index contributed by atoms with van der Waals surface area (Å²) in [5.41, 5.74) is 2.60. The summed E-state index contributed by atoms with van der Waals surface area (Å²) in [6, 6.07) is 6.05. The molecule has 3 aromatic heterocycles. The zero-order chi connectivity index (χ0) is 14.9. The molecule has 1 atom stereocenters. The molecule has 0 unspecified atom stereocenters. The molecule has 1 aliphatic carbocycles. The predicted molar refractivity (Wildman–Crippen MR) is 92.4 cm³/mol. The van der Waals surface area contributed by atoms with Crippen LogP contribution in [0.4, 0.5) is 0 Å². The third kappa shape index (κ3) is 2.63. The molecule has 0 spiro atoms. The normalized spacial score (nSPS) is 17.6. The van der Waals surface area contributed by atoms with E-state index < -0.39 is 0 Å². The molecule has 0 saturated heterocycles. The Morgan fingerprint density at radius 2 is 2.23 bits per heavy atom. The Labute approximate surface area is 138 Å². The lowest BCUT2D eigenvalue weighted by Gasteiger charge is -2.18. The smallest absolute Gasteiger partial charge is 0.128 e. The van der Waals surface area contributed by atoms with Gasteiger partial charge in [-0.15, -0.1) is 11.3 Å². The number of pyridine rings is 1. The molecule has 5 heteroatoms. The van der Waals surface area contributed by atoms with Crippen molar-refractivity contribution in [3.8, 4) is 0 Å². The molecule has 1 aliphatic rings. The summed E-state index contributed by atoms with van der Waals surface area (Å²) in [7, 11) is 0. The fourth-order valence-electron chi connectivity index (χ4n) is 2.98. The fraction of sp³-hybridized carbons (Fsp3) is 0.353. The van der Waals surface area contributed by atoms with Crippen LogP contribution in [0, 0.1) is 5.92 Å². The van der Waals surface area contributed by atoms with Crippen molar-refractivity contribution in [1.82, 2.24) is 15.0 Å². The van der Waals surface area contributed by atoms with Gasteiger partial charge < -0.3 is 0 Å². The summed E-state index contributed by atoms with van der Waals surface area (Å²) in [6.07, 6.45) is 7.19. The first-order chi connectivity index (χ1) is 10.8. The minimum absolute atomic E-state index is 0.790. The van der Waals surface area contributed by atoms with Crippen LogP contribution in [0.1, 0.15) is 29.5 Å². The van der Waals surface area contributed by atoms with Crippen LogP contribution < -0.4 is 0 Å². The van der Waals surface area contributed by atoms with Gasteiger partial charge in [0.2, 0.25) is 0 Å². The first kappa shape index (κ1) is 14.2. The molecule has 0 aliphatic heterocycles. The molecule has 0 amide bonds. The number of aryl methyl sites for hydroxylation is 1. The highest BCUT2D eigenvalue weighted by Crippen LogP contribution is 2.40. The lowest BCUT2D eigenvalue weighted by molar-refractivity contribution is 0.509. The molecule has 0 N–H and O–H groups in total. The van der Waals surface area contributed by atoms with Crippen LogP contribution in [0.2, 0.25) is 0 Å². The lowest BCUT2D eigenvalue weighted by Crippen LogP contribution is -2.08. The highest BCUT2D eigenvalue weighted by Gasteiger charge is 2.23. The van der Waals surface area contributed by atoms with Crippen LogP contribution in [-0.2, 0) is 18.6 Å². The molecule has 3 nitrogen and oxygen atoms in total. The molecule has 0 bridgehead atoms. The molecule has 3 heterocycles. The van der Waals surface area contributed by atoms with Gasteiger partial charge in [-0.1, -0.05) is 24.8 Å². The van der Waals surface area contributed by atoms with Gasteiger partial charge in [0.25, 0.3) is 0 Å². The van der Waals surface area contributed by atoms with E-state index in [-0.39, 0.29) is 0 Å². The van der Waals surface area contributed by atoms with Gasteiger partial charge in [-0.3, -0.25) is 4.98 Å². The van der Waals surface area contributed by atoms with E-state index in [1.165, 1.54) is 35.1 Å². The van der Waals surface area contributed by atoms with E-state index in [1.807, 2.05) is 29.7 Å². The quantitative estimate of drug-likeness (QED) is 0.524. The van der Waals surface area contributed by atoms with E-state index in [0.717, 1.165) is 27.2 Å². The summed E-state index contributed by atoms with van der Waals surface area (Å²) in [4.78, 5) is 16.1. The van der Waals surface area contributed by atoms with Gasteiger partial charge in [0.1, 0.15) is 16.2 Å². The van der Waals surface area contributed by atoms with Crippen molar-refractivity contribution < 1.29 is 0 Å². The van der Waals surface area contributed by atoms with Gasteiger partial charge >= 0.3 is 0 Å². The zero-order valence-electron chi connectivity index (χ0n) is 12.5. The Kier molecular flexibility index (Phi) is 3.84. The summed E-state index contributed by atoms with van der Waals surface area (Å²) < 4.78 is 0. The van der Waals surface area contributed by atoms with E-state index >= 15 is 0 Å². The van der Waals surface area contributed by atoms with Gasteiger partial charge in [-0.05, 0) is 42.9 Å². The van der Waals surface area contributed by atoms with Crippen molar-refractivity contribution >= 4 is 33.3 Å². The molecule has 0 fully saturated rings. The van der Waals surface area contributed by atoms with E-state index in [0.29, 0.717) is 0 Å². The second-order valence-corrected chi connectivity index (χ2v) is 7.87. The number of thiophene rings is 1. The second-order valence-electron chi connectivity index (χ2n) is 5.82. The third-order valence-electron chi connectivity index (χ3n) is 4.14. The Bertz CT molecular complexity index is 798. The van der Waals surface area contributed by atoms with Crippen molar-refractivity contribution in [3.05, 3.63) is 46.9 Å². The van der Waals surface area contributed by atoms with Gasteiger partial charge in [0.15, 0.2) is 0 Å². The van der Waals surface area contributed by atoms with Crippen molar-refractivity contribution in [2.45, 2.75) is 37.0 Å². The van der Waals surface area contributed by atoms with Crippen LogP contribution in [0.5, 0.6) is 0 Å². The monoisotopic (exact) mass is 327 g/mol. The lowest BCUT2D eigenvalue weighted by atomic mass is 9.89. The van der Waals surface area contributed by atoms with Crippen molar-refractivity contribution in [2.75, 3.05) is 0 Å². The van der Waals surface area contributed by atoms with E-state index in [1.54, 1.807) is 18.1 Å². The van der Waals surface area contributed by atoms with Gasteiger partial charge in [0.05, 0.1) is 5.69 Å². The Morgan fingerprint density at radius 3 is 3.09 bits per heavy atom. The minimum Gasteiger partial charge on any atom is -0.260 e. The fourth-order valence-corrected chi connectivity index (χ4v) is 5.34.